The van der Waals surface area contributed by atoms with E-state index in [1.807, 2.05) is 27.0 Å². The summed E-state index contributed by atoms with van der Waals surface area (Å²) >= 11 is 0. The summed E-state index contributed by atoms with van der Waals surface area (Å²) in [5, 5.41) is 15.2. The average Bonchev–Trinajstić information content (AvgIpc) is 2.79. The number of benzene rings is 2. The van der Waals surface area contributed by atoms with E-state index in [0.29, 0.717) is 23.8 Å². The van der Waals surface area contributed by atoms with Crippen molar-refractivity contribution in [3.05, 3.63) is 58.9 Å². The molecule has 2 aromatic rings. The van der Waals surface area contributed by atoms with Gasteiger partial charge in [-0.2, -0.15) is 18.4 Å². The molecule has 0 amide bonds. The van der Waals surface area contributed by atoms with Crippen LogP contribution in [0.4, 0.5) is 28.9 Å². The summed E-state index contributed by atoms with van der Waals surface area (Å²) in [6.45, 7) is 4.58. The van der Waals surface area contributed by atoms with Gasteiger partial charge in [-0.15, -0.1) is 0 Å². The molecule has 0 unspecified atom stereocenters. The Balaban J connectivity index is 1.61. The number of hydrogen-bond acceptors (Lipinski definition) is 4. The van der Waals surface area contributed by atoms with Gasteiger partial charge < -0.3 is 10.6 Å². The first-order valence-electron chi connectivity index (χ1n) is 11.6. The second kappa shape index (κ2) is 10.6. The maximum absolute atomic E-state index is 14.8. The molecule has 0 bridgehead atoms. The lowest BCUT2D eigenvalue weighted by molar-refractivity contribution is -0.137. The van der Waals surface area contributed by atoms with E-state index in [4.69, 9.17) is 5.26 Å². The van der Waals surface area contributed by atoms with Crippen molar-refractivity contribution in [1.29, 1.82) is 5.26 Å². The van der Waals surface area contributed by atoms with E-state index in [0.717, 1.165) is 25.0 Å². The quantitative estimate of drug-likeness (QED) is 0.412. The van der Waals surface area contributed by atoms with Crippen LogP contribution in [0.1, 0.15) is 62.6 Å². The lowest BCUT2D eigenvalue weighted by Crippen LogP contribution is -2.38. The minimum Gasteiger partial charge on any atom is -0.383 e. The molecule has 3 rings (SSSR count). The Morgan fingerprint density at radius 1 is 1.03 bits per heavy atom. The summed E-state index contributed by atoms with van der Waals surface area (Å²) in [7, 11) is 2.05. The molecule has 34 heavy (non-hydrogen) atoms. The molecular formula is C26H32F4N4. The van der Waals surface area contributed by atoms with Crippen LogP contribution < -0.4 is 10.6 Å². The van der Waals surface area contributed by atoms with Crippen LogP contribution in [0.2, 0.25) is 0 Å². The molecule has 1 saturated carbocycles. The molecule has 1 aliphatic carbocycles. The first kappa shape index (κ1) is 25.8. The smallest absolute Gasteiger partial charge is 0.383 e. The van der Waals surface area contributed by atoms with Crippen LogP contribution in [-0.4, -0.2) is 30.1 Å². The number of nitrogens with one attached hydrogen (secondary N) is 2. The standard InChI is InChI=1S/C26H32F4N4/c1-25(2,17-32-20-11-9-18(15-31)23(13-20)26(28,29)30)33-21-12-10-19(24(27)14-21)16-34(3)22-7-5-4-6-8-22/h9-14,22,32-33H,4-8,16-17H2,1-3H3. The van der Waals surface area contributed by atoms with Crippen LogP contribution in [0, 0.1) is 17.1 Å². The van der Waals surface area contributed by atoms with Crippen molar-refractivity contribution in [2.24, 2.45) is 0 Å². The third-order valence-electron chi connectivity index (χ3n) is 6.33. The highest BCUT2D eigenvalue weighted by Gasteiger charge is 2.34. The van der Waals surface area contributed by atoms with Crippen LogP contribution in [0.3, 0.4) is 0 Å². The molecule has 4 nitrogen and oxygen atoms in total. The highest BCUT2D eigenvalue weighted by molar-refractivity contribution is 5.54. The summed E-state index contributed by atoms with van der Waals surface area (Å²) < 4.78 is 54.4. The van der Waals surface area contributed by atoms with Gasteiger partial charge in [0.05, 0.1) is 17.2 Å². The Labute approximate surface area is 199 Å². The normalized spacial score (nSPS) is 15.3. The number of rotatable bonds is 8. The first-order valence-corrected chi connectivity index (χ1v) is 11.6. The lowest BCUT2D eigenvalue weighted by Gasteiger charge is -2.31. The van der Waals surface area contributed by atoms with E-state index in [1.165, 1.54) is 31.4 Å². The molecule has 1 fully saturated rings. The summed E-state index contributed by atoms with van der Waals surface area (Å²) in [5.41, 5.74) is -0.467. The van der Waals surface area contributed by atoms with Crippen molar-refractivity contribution in [3.8, 4) is 6.07 Å². The van der Waals surface area contributed by atoms with E-state index in [9.17, 15) is 17.6 Å². The van der Waals surface area contributed by atoms with Crippen molar-refractivity contribution >= 4 is 11.4 Å². The predicted molar refractivity (Wildman–Crippen MR) is 127 cm³/mol. The van der Waals surface area contributed by atoms with Gasteiger partial charge in [0.15, 0.2) is 0 Å². The number of halogens is 4. The third kappa shape index (κ3) is 6.86. The van der Waals surface area contributed by atoms with Crippen LogP contribution in [0.5, 0.6) is 0 Å². The second-order valence-corrected chi connectivity index (χ2v) is 9.75. The second-order valence-electron chi connectivity index (χ2n) is 9.75. The number of nitriles is 1. The van der Waals surface area contributed by atoms with Crippen molar-refractivity contribution in [2.45, 2.75) is 70.3 Å². The Bertz CT molecular complexity index is 1020. The molecule has 0 atom stereocenters. The number of hydrogen-bond donors (Lipinski definition) is 2. The van der Waals surface area contributed by atoms with Gasteiger partial charge in [-0.3, -0.25) is 4.90 Å². The third-order valence-corrected chi connectivity index (χ3v) is 6.33. The fourth-order valence-electron chi connectivity index (χ4n) is 4.42. The predicted octanol–water partition coefficient (Wildman–Crippen LogP) is 6.78. The highest BCUT2D eigenvalue weighted by Crippen LogP contribution is 2.33. The monoisotopic (exact) mass is 476 g/mol. The van der Waals surface area contributed by atoms with Crippen LogP contribution in [0.25, 0.3) is 0 Å². The fraction of sp³-hybridized carbons (Fsp3) is 0.500. The van der Waals surface area contributed by atoms with Crippen molar-refractivity contribution in [2.75, 3.05) is 24.2 Å². The van der Waals surface area contributed by atoms with Crippen molar-refractivity contribution < 1.29 is 17.6 Å². The Morgan fingerprint density at radius 3 is 2.32 bits per heavy atom. The van der Waals surface area contributed by atoms with Gasteiger partial charge in [-0.1, -0.05) is 25.3 Å². The van der Waals surface area contributed by atoms with E-state index in [-0.39, 0.29) is 18.0 Å². The van der Waals surface area contributed by atoms with E-state index >= 15 is 0 Å². The molecule has 0 saturated heterocycles. The molecule has 0 aliphatic heterocycles. The van der Waals surface area contributed by atoms with Crippen molar-refractivity contribution in [1.82, 2.24) is 4.90 Å². The molecule has 2 N–H and O–H groups in total. The highest BCUT2D eigenvalue weighted by atomic mass is 19.4. The summed E-state index contributed by atoms with van der Waals surface area (Å²) in [6, 6.07) is 10.7. The van der Waals surface area contributed by atoms with Gasteiger partial charge in [-0.25, -0.2) is 4.39 Å². The van der Waals surface area contributed by atoms with Gasteiger partial charge in [0, 0.05) is 41.6 Å². The summed E-state index contributed by atoms with van der Waals surface area (Å²) in [6.07, 6.45) is 1.43. The van der Waals surface area contributed by atoms with Gasteiger partial charge >= 0.3 is 6.18 Å². The molecule has 184 valence electrons. The number of alkyl halides is 3. The average molecular weight is 477 g/mol. The Morgan fingerprint density at radius 2 is 1.71 bits per heavy atom. The van der Waals surface area contributed by atoms with Crippen LogP contribution in [-0.2, 0) is 12.7 Å². The Kier molecular flexibility index (Phi) is 8.09. The molecule has 0 spiro atoms. The van der Waals surface area contributed by atoms with E-state index in [2.05, 4.69) is 15.5 Å². The zero-order valence-electron chi connectivity index (χ0n) is 19.9. The molecule has 0 radical (unpaired) electrons. The van der Waals surface area contributed by atoms with Crippen LogP contribution in [0.15, 0.2) is 36.4 Å². The largest absolute Gasteiger partial charge is 0.417 e. The topological polar surface area (TPSA) is 51.1 Å². The molecule has 2 aromatic carbocycles. The van der Waals surface area contributed by atoms with E-state index < -0.39 is 22.8 Å². The summed E-state index contributed by atoms with van der Waals surface area (Å²) in [4.78, 5) is 2.23. The van der Waals surface area contributed by atoms with Gasteiger partial charge in [0.25, 0.3) is 0 Å². The van der Waals surface area contributed by atoms with E-state index in [1.54, 1.807) is 12.1 Å². The Hall–Kier alpha value is -2.79. The lowest BCUT2D eigenvalue weighted by atomic mass is 9.94. The van der Waals surface area contributed by atoms with Gasteiger partial charge in [0.1, 0.15) is 5.82 Å². The molecule has 1 aliphatic rings. The van der Waals surface area contributed by atoms with Gasteiger partial charge in [0.2, 0.25) is 0 Å². The molecular weight excluding hydrogens is 444 g/mol. The minimum absolute atomic E-state index is 0.258. The SMILES string of the molecule is CN(Cc1ccc(NC(C)(C)CNc2ccc(C#N)c(C(F)(F)F)c2)cc1F)C1CCCCC1. The maximum atomic E-state index is 14.8. The van der Waals surface area contributed by atoms with Crippen molar-refractivity contribution in [3.63, 3.8) is 0 Å². The zero-order chi connectivity index (χ0) is 24.9. The first-order chi connectivity index (χ1) is 16.0. The fourth-order valence-corrected chi connectivity index (χ4v) is 4.42. The molecule has 8 heteroatoms. The zero-order valence-corrected chi connectivity index (χ0v) is 19.9. The summed E-state index contributed by atoms with van der Waals surface area (Å²) in [5.74, 6) is -0.279. The van der Waals surface area contributed by atoms with Crippen LogP contribution >= 0.6 is 0 Å². The molecule has 0 aromatic heterocycles. The molecule has 0 heterocycles. The number of anilines is 2. The van der Waals surface area contributed by atoms with Gasteiger partial charge in [-0.05, 0) is 64.1 Å². The number of nitrogens with zero attached hydrogens (tertiary/aromatic N) is 2. The maximum Gasteiger partial charge on any atom is 0.417 e. The minimum atomic E-state index is -4.61.